The number of allylic oxidation sites excluding steroid dienone is 3. The zero-order chi connectivity index (χ0) is 26.9. The maximum atomic E-state index is 4.58. The van der Waals surface area contributed by atoms with Gasteiger partial charge >= 0.3 is 0 Å². The van der Waals surface area contributed by atoms with Crippen LogP contribution in [0.25, 0.3) is 17.2 Å². The van der Waals surface area contributed by atoms with Crippen molar-refractivity contribution >= 4 is 6.08 Å². The van der Waals surface area contributed by atoms with Crippen LogP contribution in [-0.2, 0) is 12.8 Å². The Bertz CT molecular complexity index is 1310. The molecule has 0 N–H and O–H groups in total. The Labute approximate surface area is 232 Å². The van der Waals surface area contributed by atoms with Crippen molar-refractivity contribution in [1.82, 2.24) is 0 Å². The maximum Gasteiger partial charge on any atom is 0.00454 e. The third-order valence-corrected chi connectivity index (χ3v) is 11.4. The molecule has 2 aromatic carbocycles. The molecule has 3 fully saturated rings. The molecule has 0 aliphatic heterocycles. The van der Waals surface area contributed by atoms with E-state index in [2.05, 4.69) is 91.1 Å². The molecule has 6 rings (SSSR count). The van der Waals surface area contributed by atoms with E-state index in [0.29, 0.717) is 23.2 Å². The zero-order valence-electron chi connectivity index (χ0n) is 24.8. The van der Waals surface area contributed by atoms with Crippen LogP contribution in [0.2, 0.25) is 0 Å². The molecule has 0 radical (unpaired) electrons. The van der Waals surface area contributed by atoms with Gasteiger partial charge in [0.15, 0.2) is 0 Å². The summed E-state index contributed by atoms with van der Waals surface area (Å²) >= 11 is 0. The molecule has 38 heavy (non-hydrogen) atoms. The van der Waals surface area contributed by atoms with Crippen LogP contribution in [-0.4, -0.2) is 0 Å². The van der Waals surface area contributed by atoms with E-state index in [9.17, 15) is 0 Å². The number of rotatable bonds is 6. The first-order valence-electron chi connectivity index (χ1n) is 15.4. The summed E-state index contributed by atoms with van der Waals surface area (Å²) in [5.41, 5.74) is 15.3. The third kappa shape index (κ3) is 4.18. The summed E-state index contributed by atoms with van der Waals surface area (Å²) in [6.07, 6.45) is 11.5. The highest BCUT2D eigenvalue weighted by Gasteiger charge is 2.65. The summed E-state index contributed by atoms with van der Waals surface area (Å²) in [5, 5.41) is 0. The molecule has 3 unspecified atom stereocenters. The van der Waals surface area contributed by atoms with Gasteiger partial charge in [0.05, 0.1) is 0 Å². The molecule has 4 aliphatic rings. The first-order chi connectivity index (χ1) is 18.1. The highest BCUT2D eigenvalue weighted by Crippen LogP contribution is 2.72. The van der Waals surface area contributed by atoms with Gasteiger partial charge < -0.3 is 0 Å². The normalized spacial score (nSPS) is 31.3. The van der Waals surface area contributed by atoms with E-state index in [1.807, 2.05) is 0 Å². The first-order valence-corrected chi connectivity index (χ1v) is 15.4. The molecule has 0 heterocycles. The van der Waals surface area contributed by atoms with Crippen molar-refractivity contribution < 1.29 is 0 Å². The monoisotopic (exact) mass is 504 g/mol. The van der Waals surface area contributed by atoms with Gasteiger partial charge in [-0.05, 0) is 114 Å². The van der Waals surface area contributed by atoms with Crippen LogP contribution in [0.1, 0.15) is 87.6 Å². The number of aryl methyl sites for hydroxylation is 2. The topological polar surface area (TPSA) is 0 Å². The minimum Gasteiger partial charge on any atom is -0.0989 e. The van der Waals surface area contributed by atoms with E-state index in [-0.39, 0.29) is 0 Å². The lowest BCUT2D eigenvalue weighted by Crippen LogP contribution is -2.24. The van der Waals surface area contributed by atoms with E-state index in [0.717, 1.165) is 30.6 Å². The molecule has 0 aromatic heterocycles. The average molecular weight is 505 g/mol. The third-order valence-electron chi connectivity index (χ3n) is 11.4. The summed E-state index contributed by atoms with van der Waals surface area (Å²) in [5.74, 6) is 4.35. The second-order valence-electron chi connectivity index (χ2n) is 14.2. The summed E-state index contributed by atoms with van der Waals surface area (Å²) in [6, 6.07) is 11.9. The quantitative estimate of drug-likeness (QED) is 0.343. The minimum absolute atomic E-state index is 0.386. The van der Waals surface area contributed by atoms with Crippen LogP contribution < -0.4 is 0 Å². The minimum atomic E-state index is 0.386. The molecule has 0 bridgehead atoms. The molecule has 0 heteroatoms. The molecular weight excluding hydrogens is 456 g/mol. The fourth-order valence-corrected chi connectivity index (χ4v) is 9.05. The van der Waals surface area contributed by atoms with E-state index < -0.39 is 0 Å². The van der Waals surface area contributed by atoms with Gasteiger partial charge in [0.1, 0.15) is 0 Å². The van der Waals surface area contributed by atoms with Crippen molar-refractivity contribution in [2.75, 3.05) is 0 Å². The molecule has 0 nitrogen and oxygen atoms in total. The molecule has 0 saturated heterocycles. The number of benzene rings is 2. The van der Waals surface area contributed by atoms with Crippen molar-refractivity contribution in [1.29, 1.82) is 0 Å². The van der Waals surface area contributed by atoms with Crippen molar-refractivity contribution in [3.05, 3.63) is 88.0 Å². The van der Waals surface area contributed by atoms with E-state index >= 15 is 0 Å². The highest BCUT2D eigenvalue weighted by molar-refractivity contribution is 5.80. The molecule has 5 atom stereocenters. The highest BCUT2D eigenvalue weighted by atomic mass is 14.7. The standard InChI is InChI=1S/C38H48/c1-9-27-13-14-29(23(3)17-27)21-32-24(4)15-22(2)16-35(32)31-12-10-11-30-18-28(20-34(30)31)19-33-25(5)36-37(26(33)6)38(36,7)8/h10-12,15-16,18,23,27,29,33,36-37H,5-6,9,13-14,17,19-21H2,1-4,7-8H3/t23-,27?,29-,33?,36?,37?/m0/s1. The molecule has 3 saturated carbocycles. The van der Waals surface area contributed by atoms with Crippen molar-refractivity contribution in [2.24, 2.45) is 40.9 Å². The van der Waals surface area contributed by atoms with Gasteiger partial charge in [-0.1, -0.05) is 112 Å². The lowest BCUT2D eigenvalue weighted by Gasteiger charge is -2.35. The molecule has 2 aromatic rings. The van der Waals surface area contributed by atoms with Gasteiger partial charge in [0.25, 0.3) is 0 Å². The summed E-state index contributed by atoms with van der Waals surface area (Å²) < 4.78 is 0. The predicted octanol–water partition coefficient (Wildman–Crippen LogP) is 10.3. The Morgan fingerprint density at radius 1 is 0.947 bits per heavy atom. The molecule has 0 amide bonds. The van der Waals surface area contributed by atoms with E-state index in [1.165, 1.54) is 76.6 Å². The van der Waals surface area contributed by atoms with Crippen LogP contribution in [0.5, 0.6) is 0 Å². The molecular formula is C38H48. The van der Waals surface area contributed by atoms with E-state index in [4.69, 9.17) is 0 Å². The second kappa shape index (κ2) is 9.39. The number of hydrogen-bond donors (Lipinski definition) is 0. The Morgan fingerprint density at radius 3 is 2.37 bits per heavy atom. The first kappa shape index (κ1) is 25.9. The lowest BCUT2D eigenvalue weighted by atomic mass is 9.71. The van der Waals surface area contributed by atoms with Gasteiger partial charge in [-0.3, -0.25) is 0 Å². The fraction of sp³-hybridized carbons (Fsp3) is 0.526. The van der Waals surface area contributed by atoms with Crippen molar-refractivity contribution in [3.8, 4) is 11.1 Å². The van der Waals surface area contributed by atoms with Crippen molar-refractivity contribution in [3.63, 3.8) is 0 Å². The number of hydrogen-bond acceptors (Lipinski definition) is 0. The van der Waals surface area contributed by atoms with Crippen LogP contribution in [0.4, 0.5) is 0 Å². The SMILES string of the molecule is C=C1C(CC2=Cc3cccc(-c4cc(C)cc(C)c4C[C@@H]4CCC(CC)C[C@@H]4C)c3C2)C(=C)C2C1C2(C)C. The smallest absolute Gasteiger partial charge is 0.00454 e. The Morgan fingerprint density at radius 2 is 1.68 bits per heavy atom. The summed E-state index contributed by atoms with van der Waals surface area (Å²) in [7, 11) is 0. The average Bonchev–Trinajstić information content (AvgIpc) is 3.11. The Balaban J connectivity index is 1.26. The van der Waals surface area contributed by atoms with Crippen LogP contribution in [0.15, 0.2) is 60.2 Å². The molecule has 4 aliphatic carbocycles. The lowest BCUT2D eigenvalue weighted by molar-refractivity contribution is 0.189. The molecule has 200 valence electrons. The van der Waals surface area contributed by atoms with E-state index in [1.54, 1.807) is 11.1 Å². The fourth-order valence-electron chi connectivity index (χ4n) is 9.05. The predicted molar refractivity (Wildman–Crippen MR) is 164 cm³/mol. The van der Waals surface area contributed by atoms with Gasteiger partial charge in [0.2, 0.25) is 0 Å². The Kier molecular flexibility index (Phi) is 6.40. The van der Waals surface area contributed by atoms with Crippen LogP contribution in [0, 0.1) is 54.8 Å². The Hall–Kier alpha value is -2.34. The summed E-state index contributed by atoms with van der Waals surface area (Å²) in [4.78, 5) is 0. The second-order valence-corrected chi connectivity index (χ2v) is 14.2. The van der Waals surface area contributed by atoms with Crippen LogP contribution in [0.3, 0.4) is 0 Å². The van der Waals surface area contributed by atoms with Gasteiger partial charge in [-0.25, -0.2) is 0 Å². The summed E-state index contributed by atoms with van der Waals surface area (Å²) in [6.45, 7) is 23.4. The maximum absolute atomic E-state index is 4.58. The molecule has 0 spiro atoms. The zero-order valence-corrected chi connectivity index (χ0v) is 24.8. The van der Waals surface area contributed by atoms with Gasteiger partial charge in [-0.2, -0.15) is 0 Å². The van der Waals surface area contributed by atoms with Crippen LogP contribution >= 0.6 is 0 Å². The van der Waals surface area contributed by atoms with Gasteiger partial charge in [-0.15, -0.1) is 0 Å². The largest absolute Gasteiger partial charge is 0.0989 e. The van der Waals surface area contributed by atoms with Gasteiger partial charge in [0, 0.05) is 5.92 Å². The van der Waals surface area contributed by atoms with Crippen molar-refractivity contribution in [2.45, 2.75) is 86.5 Å². The number of fused-ring (bicyclic) bond motifs is 2.